The second-order valence-corrected chi connectivity index (χ2v) is 3.15. The van der Waals surface area contributed by atoms with Gasteiger partial charge < -0.3 is 10.5 Å². The Morgan fingerprint density at radius 2 is 2.25 bits per heavy atom. The predicted octanol–water partition coefficient (Wildman–Crippen LogP) is 1.09. The van der Waals surface area contributed by atoms with Gasteiger partial charge in [0, 0.05) is 0 Å². The summed E-state index contributed by atoms with van der Waals surface area (Å²) in [6, 6.07) is -0.495. The maximum atomic E-state index is 11.0. The van der Waals surface area contributed by atoms with Crippen molar-refractivity contribution < 1.29 is 9.53 Å². The highest BCUT2D eigenvalue weighted by Gasteiger charge is 2.15. The Morgan fingerprint density at radius 3 is 2.67 bits per heavy atom. The number of rotatable bonds is 5. The van der Waals surface area contributed by atoms with Crippen LogP contribution in [0.25, 0.3) is 0 Å². The molecule has 70 valence electrons. The molecule has 0 saturated heterocycles. The molecule has 1 atom stereocenters. The van der Waals surface area contributed by atoms with E-state index < -0.39 is 6.04 Å². The molecule has 0 aliphatic heterocycles. The summed E-state index contributed by atoms with van der Waals surface area (Å²) in [6.07, 6.45) is 2.19. The Bertz CT molecular complexity index is 155. The third-order valence-corrected chi connectivity index (χ3v) is 1.37. The van der Waals surface area contributed by atoms with Gasteiger partial charge in [0.1, 0.15) is 12.6 Å². The molecule has 0 fully saturated rings. The van der Waals surface area contributed by atoms with Crippen LogP contribution >= 0.6 is 0 Å². The van der Waals surface area contributed by atoms with Crippen LogP contribution in [0.5, 0.6) is 0 Å². The molecular formula is C9H17NO2. The van der Waals surface area contributed by atoms with Crippen LogP contribution in [-0.2, 0) is 9.53 Å². The summed E-state index contributed by atoms with van der Waals surface area (Å²) >= 11 is 0. The van der Waals surface area contributed by atoms with E-state index in [1.54, 1.807) is 0 Å². The Morgan fingerprint density at radius 1 is 1.67 bits per heavy atom. The second-order valence-electron chi connectivity index (χ2n) is 3.15. The summed E-state index contributed by atoms with van der Waals surface area (Å²) in [6.45, 7) is 7.70. The van der Waals surface area contributed by atoms with Gasteiger partial charge in [-0.3, -0.25) is 4.79 Å². The van der Waals surface area contributed by atoms with Gasteiger partial charge in [0.25, 0.3) is 0 Å². The molecule has 0 aromatic heterocycles. The standard InChI is InChI=1S/C9H17NO2/c1-4-5-12-9(11)8(10)6-7(2)3/h4,7-8H,1,5-6,10H2,2-3H3/t8-/m0/s1. The van der Waals surface area contributed by atoms with E-state index in [1.165, 1.54) is 6.08 Å². The summed E-state index contributed by atoms with van der Waals surface area (Å²) in [4.78, 5) is 11.0. The molecule has 0 rings (SSSR count). The lowest BCUT2D eigenvalue weighted by molar-refractivity contribution is -0.144. The number of carbonyl (C=O) groups is 1. The largest absolute Gasteiger partial charge is 0.460 e. The third kappa shape index (κ3) is 4.91. The zero-order valence-corrected chi connectivity index (χ0v) is 7.75. The van der Waals surface area contributed by atoms with Crippen LogP contribution in [0.2, 0.25) is 0 Å². The quantitative estimate of drug-likeness (QED) is 0.497. The van der Waals surface area contributed by atoms with E-state index in [0.29, 0.717) is 12.3 Å². The van der Waals surface area contributed by atoms with E-state index in [4.69, 9.17) is 10.5 Å². The molecule has 0 heterocycles. The van der Waals surface area contributed by atoms with E-state index in [-0.39, 0.29) is 12.6 Å². The molecule has 0 bridgehead atoms. The van der Waals surface area contributed by atoms with Gasteiger partial charge in [-0.25, -0.2) is 0 Å². The number of hydrogen-bond acceptors (Lipinski definition) is 3. The first-order valence-corrected chi connectivity index (χ1v) is 4.11. The van der Waals surface area contributed by atoms with Gasteiger partial charge in [0.15, 0.2) is 0 Å². The lowest BCUT2D eigenvalue weighted by atomic mass is 10.1. The molecule has 3 heteroatoms. The minimum absolute atomic E-state index is 0.241. The van der Waals surface area contributed by atoms with Crippen LogP contribution in [0.3, 0.4) is 0 Å². The van der Waals surface area contributed by atoms with Crippen LogP contribution in [0.15, 0.2) is 12.7 Å². The van der Waals surface area contributed by atoms with Gasteiger partial charge in [0.2, 0.25) is 0 Å². The van der Waals surface area contributed by atoms with E-state index in [0.717, 1.165) is 0 Å². The SMILES string of the molecule is C=CCOC(=O)[C@@H](N)CC(C)C. The summed E-state index contributed by atoms with van der Waals surface area (Å²) in [5.41, 5.74) is 5.55. The van der Waals surface area contributed by atoms with Gasteiger partial charge in [-0.05, 0) is 12.3 Å². The van der Waals surface area contributed by atoms with Crippen LogP contribution in [0, 0.1) is 5.92 Å². The predicted molar refractivity (Wildman–Crippen MR) is 48.6 cm³/mol. The summed E-state index contributed by atoms with van der Waals surface area (Å²) in [7, 11) is 0. The molecule has 0 aromatic carbocycles. The zero-order valence-electron chi connectivity index (χ0n) is 7.75. The molecule has 0 unspecified atom stereocenters. The first-order valence-electron chi connectivity index (χ1n) is 4.11. The number of hydrogen-bond donors (Lipinski definition) is 1. The smallest absolute Gasteiger partial charge is 0.323 e. The van der Waals surface area contributed by atoms with Crippen LogP contribution < -0.4 is 5.73 Å². The van der Waals surface area contributed by atoms with Crippen molar-refractivity contribution in [3.63, 3.8) is 0 Å². The molecule has 0 aliphatic carbocycles. The molecule has 0 amide bonds. The molecule has 3 nitrogen and oxygen atoms in total. The second kappa shape index (κ2) is 5.77. The fraction of sp³-hybridized carbons (Fsp3) is 0.667. The molecule has 12 heavy (non-hydrogen) atoms. The number of carbonyl (C=O) groups excluding carboxylic acids is 1. The van der Waals surface area contributed by atoms with Crippen molar-refractivity contribution in [2.75, 3.05) is 6.61 Å². The summed E-state index contributed by atoms with van der Waals surface area (Å²) in [5, 5.41) is 0. The summed E-state index contributed by atoms with van der Waals surface area (Å²) < 4.78 is 4.77. The Kier molecular flexibility index (Phi) is 5.37. The molecule has 0 aliphatic rings. The van der Waals surface area contributed by atoms with Crippen LogP contribution in [-0.4, -0.2) is 18.6 Å². The minimum Gasteiger partial charge on any atom is -0.460 e. The highest BCUT2D eigenvalue weighted by atomic mass is 16.5. The Labute approximate surface area is 73.6 Å². The minimum atomic E-state index is -0.495. The molecule has 0 radical (unpaired) electrons. The normalized spacial score (nSPS) is 12.7. The number of esters is 1. The van der Waals surface area contributed by atoms with Gasteiger partial charge in [-0.2, -0.15) is 0 Å². The van der Waals surface area contributed by atoms with Crippen LogP contribution in [0.4, 0.5) is 0 Å². The first kappa shape index (κ1) is 11.2. The van der Waals surface area contributed by atoms with Crippen molar-refractivity contribution in [1.29, 1.82) is 0 Å². The highest BCUT2D eigenvalue weighted by Crippen LogP contribution is 2.03. The Balaban J connectivity index is 3.68. The van der Waals surface area contributed by atoms with E-state index in [2.05, 4.69) is 6.58 Å². The van der Waals surface area contributed by atoms with E-state index in [9.17, 15) is 4.79 Å². The van der Waals surface area contributed by atoms with Crippen molar-refractivity contribution in [3.8, 4) is 0 Å². The molecule has 0 aromatic rings. The average Bonchev–Trinajstić information content (AvgIpc) is 1.98. The molecule has 0 spiro atoms. The van der Waals surface area contributed by atoms with Crippen molar-refractivity contribution in [3.05, 3.63) is 12.7 Å². The molecular weight excluding hydrogens is 154 g/mol. The average molecular weight is 171 g/mol. The van der Waals surface area contributed by atoms with E-state index >= 15 is 0 Å². The van der Waals surface area contributed by atoms with Gasteiger partial charge in [-0.15, -0.1) is 0 Å². The van der Waals surface area contributed by atoms with Crippen molar-refractivity contribution in [2.24, 2.45) is 11.7 Å². The highest BCUT2D eigenvalue weighted by molar-refractivity contribution is 5.75. The van der Waals surface area contributed by atoms with Crippen molar-refractivity contribution >= 4 is 5.97 Å². The topological polar surface area (TPSA) is 52.3 Å². The molecule has 2 N–H and O–H groups in total. The first-order chi connectivity index (χ1) is 5.57. The number of nitrogens with two attached hydrogens (primary N) is 1. The fourth-order valence-electron chi connectivity index (χ4n) is 0.852. The van der Waals surface area contributed by atoms with Crippen LogP contribution in [0.1, 0.15) is 20.3 Å². The maximum absolute atomic E-state index is 11.0. The number of ether oxygens (including phenoxy) is 1. The van der Waals surface area contributed by atoms with Gasteiger partial charge in [0.05, 0.1) is 0 Å². The monoisotopic (exact) mass is 171 g/mol. The third-order valence-electron chi connectivity index (χ3n) is 1.37. The van der Waals surface area contributed by atoms with Crippen molar-refractivity contribution in [2.45, 2.75) is 26.3 Å². The van der Waals surface area contributed by atoms with Gasteiger partial charge in [-0.1, -0.05) is 26.5 Å². The lowest BCUT2D eigenvalue weighted by Crippen LogP contribution is -2.33. The zero-order chi connectivity index (χ0) is 9.56. The molecule has 0 saturated carbocycles. The fourth-order valence-corrected chi connectivity index (χ4v) is 0.852. The maximum Gasteiger partial charge on any atom is 0.323 e. The van der Waals surface area contributed by atoms with E-state index in [1.807, 2.05) is 13.8 Å². The Hall–Kier alpha value is -0.830. The van der Waals surface area contributed by atoms with Crippen molar-refractivity contribution in [1.82, 2.24) is 0 Å². The van der Waals surface area contributed by atoms with Gasteiger partial charge >= 0.3 is 5.97 Å². The lowest BCUT2D eigenvalue weighted by Gasteiger charge is -2.11. The summed E-state index contributed by atoms with van der Waals surface area (Å²) in [5.74, 6) is 0.0693.